The van der Waals surface area contributed by atoms with Crippen LogP contribution in [0.4, 0.5) is 5.69 Å². The number of nitrogens with zero attached hydrogens (tertiary/aromatic N) is 4. The van der Waals surface area contributed by atoms with Gasteiger partial charge >= 0.3 is 0 Å². The summed E-state index contributed by atoms with van der Waals surface area (Å²) in [6.07, 6.45) is 4.66. The summed E-state index contributed by atoms with van der Waals surface area (Å²) in [6.45, 7) is 2.80. The highest BCUT2D eigenvalue weighted by Crippen LogP contribution is 2.31. The number of hydrogen-bond donors (Lipinski definition) is 1. The molecule has 8 heteroatoms. The van der Waals surface area contributed by atoms with E-state index in [1.54, 1.807) is 17.3 Å². The summed E-state index contributed by atoms with van der Waals surface area (Å²) in [7, 11) is 1.98. The van der Waals surface area contributed by atoms with Gasteiger partial charge in [0.15, 0.2) is 0 Å². The van der Waals surface area contributed by atoms with E-state index in [1.807, 2.05) is 79.2 Å². The van der Waals surface area contributed by atoms with Crippen molar-refractivity contribution in [2.45, 2.75) is 32.9 Å². The summed E-state index contributed by atoms with van der Waals surface area (Å²) < 4.78 is 3.03. The molecule has 0 spiro atoms. The molecule has 3 aromatic heterocycles. The lowest BCUT2D eigenvalue weighted by atomic mass is 10.2. The van der Waals surface area contributed by atoms with Gasteiger partial charge in [-0.2, -0.15) is 0 Å². The molecule has 0 aliphatic heterocycles. The highest BCUT2D eigenvalue weighted by atomic mass is 32.1. The zero-order chi connectivity index (χ0) is 25.1. The molecule has 0 atom stereocenters. The molecule has 0 fully saturated rings. The lowest BCUT2D eigenvalue weighted by Gasteiger charge is -2.23. The van der Waals surface area contributed by atoms with Crippen LogP contribution < -0.4 is 10.2 Å². The summed E-state index contributed by atoms with van der Waals surface area (Å²) in [5, 5.41) is 3.89. The molecule has 182 valence electrons. The molecular formula is C28H27N5O2S. The normalized spacial score (nSPS) is 11.2. The average molecular weight is 498 g/mol. The Hall–Kier alpha value is -4.04. The number of aryl methyl sites for hydroxylation is 1. The fraction of sp³-hybridized carbons (Fsp3) is 0.214. The van der Waals surface area contributed by atoms with Crippen LogP contribution in [0.3, 0.4) is 0 Å². The first-order valence-corrected chi connectivity index (χ1v) is 12.8. The van der Waals surface area contributed by atoms with Crippen molar-refractivity contribution >= 4 is 50.0 Å². The van der Waals surface area contributed by atoms with E-state index < -0.39 is 0 Å². The van der Waals surface area contributed by atoms with Gasteiger partial charge in [0.05, 0.1) is 22.5 Å². The Morgan fingerprint density at radius 3 is 2.72 bits per heavy atom. The monoisotopic (exact) mass is 497 g/mol. The van der Waals surface area contributed by atoms with Crippen molar-refractivity contribution < 1.29 is 9.59 Å². The van der Waals surface area contributed by atoms with Gasteiger partial charge in [-0.05, 0) is 59.8 Å². The second-order valence-electron chi connectivity index (χ2n) is 8.68. The number of thiophene rings is 1. The van der Waals surface area contributed by atoms with Gasteiger partial charge < -0.3 is 14.8 Å². The molecule has 36 heavy (non-hydrogen) atoms. The fourth-order valence-corrected chi connectivity index (χ4v) is 5.19. The Labute approximate surface area is 213 Å². The Kier molecular flexibility index (Phi) is 6.77. The van der Waals surface area contributed by atoms with Gasteiger partial charge in [-0.1, -0.05) is 25.1 Å². The largest absolute Gasteiger partial charge is 0.347 e. The molecule has 0 saturated heterocycles. The van der Waals surface area contributed by atoms with Crippen LogP contribution in [-0.4, -0.2) is 26.3 Å². The molecule has 0 radical (unpaired) electrons. The molecule has 3 heterocycles. The van der Waals surface area contributed by atoms with E-state index in [-0.39, 0.29) is 11.8 Å². The molecule has 0 saturated carbocycles. The minimum absolute atomic E-state index is 0.0496. The zero-order valence-electron chi connectivity index (χ0n) is 20.3. The number of rotatable bonds is 8. The van der Waals surface area contributed by atoms with Crippen molar-refractivity contribution in [2.75, 3.05) is 4.90 Å². The molecule has 0 aliphatic rings. The van der Waals surface area contributed by atoms with E-state index in [4.69, 9.17) is 4.98 Å². The van der Waals surface area contributed by atoms with Crippen molar-refractivity contribution in [3.05, 3.63) is 89.3 Å². The van der Waals surface area contributed by atoms with E-state index in [9.17, 15) is 9.59 Å². The average Bonchev–Trinajstić information content (AvgIpc) is 3.47. The third-order valence-electron chi connectivity index (χ3n) is 6.16. The molecule has 7 nitrogen and oxygen atoms in total. The Morgan fingerprint density at radius 1 is 1.08 bits per heavy atom. The van der Waals surface area contributed by atoms with Crippen LogP contribution >= 0.6 is 11.3 Å². The van der Waals surface area contributed by atoms with Gasteiger partial charge in [0.1, 0.15) is 5.82 Å². The van der Waals surface area contributed by atoms with E-state index in [0.29, 0.717) is 24.4 Å². The second kappa shape index (κ2) is 10.3. The third-order valence-corrected chi connectivity index (χ3v) is 7.27. The van der Waals surface area contributed by atoms with Crippen molar-refractivity contribution in [3.8, 4) is 0 Å². The van der Waals surface area contributed by atoms with Crippen LogP contribution in [0.2, 0.25) is 0 Å². The predicted octanol–water partition coefficient (Wildman–Crippen LogP) is 5.45. The van der Waals surface area contributed by atoms with Crippen LogP contribution in [0.25, 0.3) is 21.1 Å². The molecule has 1 N–H and O–H groups in total. The maximum Gasteiger partial charge on any atom is 0.261 e. The Balaban J connectivity index is 1.41. The SMILES string of the molecule is CCCC(=O)N(Cc1nc2ccccc2n1C)c1ccc2sc(C(=O)NCc3cccnc3)cc2c1. The lowest BCUT2D eigenvalue weighted by molar-refractivity contribution is -0.118. The first-order chi connectivity index (χ1) is 17.5. The van der Waals surface area contributed by atoms with Crippen molar-refractivity contribution in [1.29, 1.82) is 0 Å². The topological polar surface area (TPSA) is 80.1 Å². The van der Waals surface area contributed by atoms with Crippen LogP contribution in [-0.2, 0) is 24.9 Å². The number of pyridine rings is 1. The summed E-state index contributed by atoms with van der Waals surface area (Å²) >= 11 is 1.44. The molecular weight excluding hydrogens is 470 g/mol. The molecule has 0 aliphatic carbocycles. The van der Waals surface area contributed by atoms with Gasteiger partial charge in [-0.15, -0.1) is 11.3 Å². The minimum atomic E-state index is -0.125. The van der Waals surface area contributed by atoms with Gasteiger partial charge in [0.25, 0.3) is 5.91 Å². The summed E-state index contributed by atoms with van der Waals surface area (Å²) in [5.41, 5.74) is 3.69. The third kappa shape index (κ3) is 4.85. The van der Waals surface area contributed by atoms with Crippen molar-refractivity contribution in [1.82, 2.24) is 19.9 Å². The van der Waals surface area contributed by atoms with Crippen molar-refractivity contribution in [2.24, 2.45) is 7.05 Å². The number of imidazole rings is 1. The lowest BCUT2D eigenvalue weighted by Crippen LogP contribution is -2.31. The Bertz CT molecular complexity index is 1540. The summed E-state index contributed by atoms with van der Waals surface area (Å²) in [4.78, 5) is 37.2. The first kappa shape index (κ1) is 23.7. The highest BCUT2D eigenvalue weighted by Gasteiger charge is 2.20. The number of para-hydroxylation sites is 2. The fourth-order valence-electron chi connectivity index (χ4n) is 4.23. The number of carbonyl (C=O) groups is 2. The zero-order valence-corrected chi connectivity index (χ0v) is 21.1. The van der Waals surface area contributed by atoms with Gasteiger partial charge in [0, 0.05) is 42.8 Å². The second-order valence-corrected chi connectivity index (χ2v) is 9.77. The van der Waals surface area contributed by atoms with Crippen LogP contribution in [0, 0.1) is 0 Å². The molecule has 0 unspecified atom stereocenters. The number of nitrogens with one attached hydrogen (secondary N) is 1. The number of amides is 2. The minimum Gasteiger partial charge on any atom is -0.347 e. The van der Waals surface area contributed by atoms with Crippen molar-refractivity contribution in [3.63, 3.8) is 0 Å². The summed E-state index contributed by atoms with van der Waals surface area (Å²) in [6, 6.07) is 19.5. The van der Waals surface area contributed by atoms with Crippen LogP contribution in [0.5, 0.6) is 0 Å². The number of fused-ring (bicyclic) bond motifs is 2. The van der Waals surface area contributed by atoms with Gasteiger partial charge in [-0.3, -0.25) is 14.6 Å². The molecule has 2 aromatic carbocycles. The predicted molar refractivity (Wildman–Crippen MR) is 144 cm³/mol. The molecule has 5 rings (SSSR count). The van der Waals surface area contributed by atoms with Crippen LogP contribution in [0.15, 0.2) is 73.1 Å². The van der Waals surface area contributed by atoms with Crippen LogP contribution in [0.1, 0.15) is 40.8 Å². The quantitative estimate of drug-likeness (QED) is 0.309. The summed E-state index contributed by atoms with van der Waals surface area (Å²) in [5.74, 6) is 0.746. The van der Waals surface area contributed by atoms with E-state index in [1.165, 1.54) is 11.3 Å². The molecule has 0 bridgehead atoms. The molecule has 5 aromatic rings. The molecule has 2 amide bonds. The standard InChI is InChI=1S/C28H27N5O2S/c1-3-7-27(34)33(18-26-31-22-9-4-5-10-23(22)32(26)2)21-11-12-24-20(14-21)15-25(36-24)28(35)30-17-19-8-6-13-29-16-19/h4-6,8-16H,3,7,17-18H2,1-2H3,(H,30,35). The first-order valence-electron chi connectivity index (χ1n) is 11.9. The maximum atomic E-state index is 13.2. The van der Waals surface area contributed by atoms with Gasteiger partial charge in [0.2, 0.25) is 5.91 Å². The van der Waals surface area contributed by atoms with E-state index in [2.05, 4.69) is 10.3 Å². The smallest absolute Gasteiger partial charge is 0.261 e. The van der Waals surface area contributed by atoms with E-state index >= 15 is 0 Å². The number of aromatic nitrogens is 3. The van der Waals surface area contributed by atoms with E-state index in [0.717, 1.165) is 44.6 Å². The number of anilines is 1. The maximum absolute atomic E-state index is 13.2. The highest BCUT2D eigenvalue weighted by molar-refractivity contribution is 7.20. The van der Waals surface area contributed by atoms with Gasteiger partial charge in [-0.25, -0.2) is 4.98 Å². The Morgan fingerprint density at radius 2 is 1.94 bits per heavy atom. The number of benzene rings is 2. The number of hydrogen-bond acceptors (Lipinski definition) is 5. The number of carbonyl (C=O) groups excluding carboxylic acids is 2.